The average molecular weight is 559 g/mol. The first-order valence-corrected chi connectivity index (χ1v) is 10.8. The number of carbonyl (C=O) groups is 2. The largest absolute Gasteiger partial charge is 0.493 e. The molecular formula is C20H16ClIN2O5S. The first kappa shape index (κ1) is 22.4. The van der Waals surface area contributed by atoms with Gasteiger partial charge in [-0.1, -0.05) is 17.7 Å². The molecular weight excluding hydrogens is 543 g/mol. The van der Waals surface area contributed by atoms with Gasteiger partial charge in [-0.15, -0.1) is 0 Å². The maximum atomic E-state index is 12.4. The summed E-state index contributed by atoms with van der Waals surface area (Å²) in [6, 6.07) is 8.84. The van der Waals surface area contributed by atoms with Gasteiger partial charge in [0, 0.05) is 5.02 Å². The Hall–Kier alpha value is -2.24. The number of methoxy groups -OCH3 is 1. The number of ether oxygens (including phenoxy) is 2. The summed E-state index contributed by atoms with van der Waals surface area (Å²) in [5.41, 5.74) is 2.33. The molecule has 2 aromatic rings. The lowest BCUT2D eigenvalue weighted by Crippen LogP contribution is -2.19. The second kappa shape index (κ2) is 9.71. The zero-order valence-corrected chi connectivity index (χ0v) is 19.6. The number of hydrogen-bond donors (Lipinski definition) is 2. The Labute approximate surface area is 195 Å². The molecule has 1 fully saturated rings. The standard InChI is InChI=1S/C20H16ClIN2O5S/c1-10-3-4-12(21)8-14(10)23-20-24-19(27)16(30-20)7-11-5-13(22)18(15(6-11)28-2)29-9-17(25)26/h3-8H,9H2,1-2H3,(H,25,26)(H,23,24,27)/b16-7-. The van der Waals surface area contributed by atoms with Crippen LogP contribution in [-0.2, 0) is 9.59 Å². The van der Waals surface area contributed by atoms with Crippen LogP contribution >= 0.6 is 46.0 Å². The van der Waals surface area contributed by atoms with Gasteiger partial charge in [0.05, 0.1) is 21.3 Å². The van der Waals surface area contributed by atoms with Crippen molar-refractivity contribution in [3.8, 4) is 11.5 Å². The third kappa shape index (κ3) is 5.46. The second-order valence-electron chi connectivity index (χ2n) is 6.13. The van der Waals surface area contributed by atoms with Crippen molar-refractivity contribution in [3.05, 3.63) is 55.0 Å². The van der Waals surface area contributed by atoms with E-state index in [-0.39, 0.29) is 5.91 Å². The van der Waals surface area contributed by atoms with E-state index in [1.165, 1.54) is 18.9 Å². The van der Waals surface area contributed by atoms with E-state index in [1.807, 2.05) is 35.6 Å². The Morgan fingerprint density at radius 1 is 1.37 bits per heavy atom. The van der Waals surface area contributed by atoms with Crippen molar-refractivity contribution in [1.82, 2.24) is 5.32 Å². The molecule has 0 bridgehead atoms. The minimum atomic E-state index is -1.08. The minimum absolute atomic E-state index is 0.265. The smallest absolute Gasteiger partial charge is 0.341 e. The van der Waals surface area contributed by atoms with Gasteiger partial charge in [-0.3, -0.25) is 4.79 Å². The fourth-order valence-corrected chi connectivity index (χ4v) is 4.32. The number of aliphatic imine (C=N–C) groups is 1. The van der Waals surface area contributed by atoms with Gasteiger partial charge < -0.3 is 19.9 Å². The zero-order valence-electron chi connectivity index (χ0n) is 15.9. The van der Waals surface area contributed by atoms with Crippen molar-refractivity contribution in [2.24, 2.45) is 4.99 Å². The van der Waals surface area contributed by atoms with E-state index < -0.39 is 12.6 Å². The number of carboxylic acid groups (broad SMARTS) is 1. The number of aliphatic carboxylic acids is 1. The fraction of sp³-hybridized carbons (Fsp3) is 0.150. The minimum Gasteiger partial charge on any atom is -0.493 e. The molecule has 2 N–H and O–H groups in total. The van der Waals surface area contributed by atoms with Gasteiger partial charge in [0.1, 0.15) is 0 Å². The van der Waals surface area contributed by atoms with E-state index in [0.717, 1.165) is 5.56 Å². The molecule has 1 saturated heterocycles. The zero-order chi connectivity index (χ0) is 21.8. The van der Waals surface area contributed by atoms with Crippen LogP contribution in [0.3, 0.4) is 0 Å². The average Bonchev–Trinajstić information content (AvgIpc) is 3.02. The lowest BCUT2D eigenvalue weighted by atomic mass is 10.2. The maximum absolute atomic E-state index is 12.4. The quantitative estimate of drug-likeness (QED) is 0.397. The van der Waals surface area contributed by atoms with Gasteiger partial charge in [0.2, 0.25) is 0 Å². The molecule has 0 aromatic heterocycles. The second-order valence-corrected chi connectivity index (χ2v) is 8.76. The predicted molar refractivity (Wildman–Crippen MR) is 126 cm³/mol. The lowest BCUT2D eigenvalue weighted by molar-refractivity contribution is -0.139. The molecule has 156 valence electrons. The SMILES string of the molecule is COc1cc(/C=C2\SC(=Nc3cc(Cl)ccc3C)NC2=O)cc(I)c1OCC(=O)O. The van der Waals surface area contributed by atoms with Crippen molar-refractivity contribution in [2.45, 2.75) is 6.92 Å². The summed E-state index contributed by atoms with van der Waals surface area (Å²) in [4.78, 5) is 28.1. The number of aryl methyl sites for hydroxylation is 1. The van der Waals surface area contributed by atoms with Crippen molar-refractivity contribution >= 4 is 74.8 Å². The summed E-state index contributed by atoms with van der Waals surface area (Å²) in [6.07, 6.45) is 1.71. The van der Waals surface area contributed by atoms with E-state index in [2.05, 4.69) is 10.3 Å². The summed E-state index contributed by atoms with van der Waals surface area (Å²) in [6.45, 7) is 1.43. The van der Waals surface area contributed by atoms with Gasteiger partial charge in [-0.2, -0.15) is 0 Å². The first-order valence-electron chi connectivity index (χ1n) is 8.54. The molecule has 10 heteroatoms. The molecule has 0 radical (unpaired) electrons. The van der Waals surface area contributed by atoms with Crippen LogP contribution in [0, 0.1) is 10.5 Å². The summed E-state index contributed by atoms with van der Waals surface area (Å²) >= 11 is 9.28. The molecule has 7 nitrogen and oxygen atoms in total. The Bertz CT molecular complexity index is 1090. The van der Waals surface area contributed by atoms with Crippen molar-refractivity contribution in [2.75, 3.05) is 13.7 Å². The van der Waals surface area contributed by atoms with Crippen LogP contribution in [0.4, 0.5) is 5.69 Å². The van der Waals surface area contributed by atoms with Crippen LogP contribution in [0.2, 0.25) is 5.02 Å². The first-order chi connectivity index (χ1) is 14.3. The van der Waals surface area contributed by atoms with Gasteiger partial charge in [-0.05, 0) is 82.7 Å². The molecule has 1 amide bonds. The number of amidine groups is 1. The maximum Gasteiger partial charge on any atom is 0.341 e. The number of benzene rings is 2. The number of carbonyl (C=O) groups excluding carboxylic acids is 1. The third-order valence-electron chi connectivity index (χ3n) is 3.93. The Morgan fingerprint density at radius 3 is 2.83 bits per heavy atom. The Kier molecular flexibility index (Phi) is 7.27. The third-order valence-corrected chi connectivity index (χ3v) is 5.88. The summed E-state index contributed by atoms with van der Waals surface area (Å²) in [5, 5.41) is 12.6. The van der Waals surface area contributed by atoms with Crippen LogP contribution in [-0.4, -0.2) is 35.9 Å². The molecule has 0 atom stereocenters. The number of thioether (sulfide) groups is 1. The molecule has 2 aromatic carbocycles. The van der Waals surface area contributed by atoms with Crippen LogP contribution in [0.15, 0.2) is 40.2 Å². The summed E-state index contributed by atoms with van der Waals surface area (Å²) in [5.74, 6) is -0.634. The van der Waals surface area contributed by atoms with E-state index in [4.69, 9.17) is 26.2 Å². The molecule has 0 aliphatic carbocycles. The Balaban J connectivity index is 1.87. The molecule has 30 heavy (non-hydrogen) atoms. The van der Waals surface area contributed by atoms with E-state index >= 15 is 0 Å². The Morgan fingerprint density at radius 2 is 2.13 bits per heavy atom. The molecule has 0 saturated carbocycles. The molecule has 1 aliphatic heterocycles. The molecule has 1 heterocycles. The molecule has 1 aliphatic rings. The highest BCUT2D eigenvalue weighted by molar-refractivity contribution is 14.1. The lowest BCUT2D eigenvalue weighted by Gasteiger charge is -2.12. The number of rotatable bonds is 6. The topological polar surface area (TPSA) is 97.2 Å². The van der Waals surface area contributed by atoms with Gasteiger partial charge in [0.25, 0.3) is 5.91 Å². The van der Waals surface area contributed by atoms with Crippen LogP contribution in [0.5, 0.6) is 11.5 Å². The van der Waals surface area contributed by atoms with E-state index in [9.17, 15) is 9.59 Å². The highest BCUT2D eigenvalue weighted by atomic mass is 127. The number of nitrogens with zero attached hydrogens (tertiary/aromatic N) is 1. The molecule has 0 spiro atoms. The number of nitrogens with one attached hydrogen (secondary N) is 1. The van der Waals surface area contributed by atoms with Crippen molar-refractivity contribution in [3.63, 3.8) is 0 Å². The van der Waals surface area contributed by atoms with Gasteiger partial charge >= 0.3 is 5.97 Å². The highest BCUT2D eigenvalue weighted by Crippen LogP contribution is 2.36. The summed E-state index contributed by atoms with van der Waals surface area (Å²) in [7, 11) is 1.46. The predicted octanol–water partition coefficient (Wildman–Crippen LogP) is 4.62. The molecule has 3 rings (SSSR count). The van der Waals surface area contributed by atoms with Crippen LogP contribution in [0.25, 0.3) is 6.08 Å². The van der Waals surface area contributed by atoms with Crippen LogP contribution < -0.4 is 14.8 Å². The fourth-order valence-electron chi connectivity index (χ4n) is 2.54. The molecule has 0 unspecified atom stereocenters. The van der Waals surface area contributed by atoms with Gasteiger partial charge in [0.15, 0.2) is 23.3 Å². The van der Waals surface area contributed by atoms with Crippen LogP contribution in [0.1, 0.15) is 11.1 Å². The normalized spacial score (nSPS) is 16.1. The number of carboxylic acids is 1. The highest BCUT2D eigenvalue weighted by Gasteiger charge is 2.24. The van der Waals surface area contributed by atoms with Crippen molar-refractivity contribution < 1.29 is 24.2 Å². The summed E-state index contributed by atoms with van der Waals surface area (Å²) < 4.78 is 11.3. The van der Waals surface area contributed by atoms with E-state index in [1.54, 1.807) is 30.3 Å². The van der Waals surface area contributed by atoms with Crippen molar-refractivity contribution in [1.29, 1.82) is 0 Å². The monoisotopic (exact) mass is 558 g/mol. The van der Waals surface area contributed by atoms with Gasteiger partial charge in [-0.25, -0.2) is 9.79 Å². The number of hydrogen-bond acceptors (Lipinski definition) is 6. The number of amides is 1. The number of halogens is 2. The van der Waals surface area contributed by atoms with E-state index in [0.29, 0.717) is 41.4 Å².